The maximum atomic E-state index is 11.8. The number of carbonyl (C=O) groups excluding carboxylic acids is 2. The summed E-state index contributed by atoms with van der Waals surface area (Å²) in [5, 5.41) is 13.0. The molecule has 7 nitrogen and oxygen atoms in total. The average Bonchev–Trinajstić information content (AvgIpc) is 2.37. The predicted octanol–water partition coefficient (Wildman–Crippen LogP) is 1.54. The molecule has 0 fully saturated rings. The molecule has 0 bridgehead atoms. The second kappa shape index (κ2) is 6.14. The number of hydrogen-bond acceptors (Lipinski definition) is 5. The van der Waals surface area contributed by atoms with Crippen LogP contribution in [0, 0.1) is 10.1 Å². The predicted molar refractivity (Wildman–Crippen MR) is 67.1 cm³/mol. The Kier molecular flexibility index (Phi) is 4.82. The van der Waals surface area contributed by atoms with Gasteiger partial charge < -0.3 is 10.1 Å². The molecule has 19 heavy (non-hydrogen) atoms. The van der Waals surface area contributed by atoms with Gasteiger partial charge >= 0.3 is 5.97 Å². The lowest BCUT2D eigenvalue weighted by atomic mass is 10.1. The van der Waals surface area contributed by atoms with Gasteiger partial charge in [0.2, 0.25) is 0 Å². The van der Waals surface area contributed by atoms with E-state index in [9.17, 15) is 19.7 Å². The van der Waals surface area contributed by atoms with Crippen LogP contribution in [0.2, 0.25) is 5.02 Å². The van der Waals surface area contributed by atoms with Gasteiger partial charge in [-0.2, -0.15) is 0 Å². The summed E-state index contributed by atoms with van der Waals surface area (Å²) in [7, 11) is 1.19. The molecule has 0 aromatic heterocycles. The first-order valence-electron chi connectivity index (χ1n) is 5.19. The first-order valence-corrected chi connectivity index (χ1v) is 5.57. The standard InChI is InChI=1S/C11H11ClN2O5/c1-6(11(16)19-2)13-10(15)8-5-7(14(17)18)3-4-9(8)12/h3-6H,1-2H3,(H,13,15). The summed E-state index contributed by atoms with van der Waals surface area (Å²) in [5.41, 5.74) is -0.341. The van der Waals surface area contributed by atoms with E-state index in [1.807, 2.05) is 0 Å². The summed E-state index contributed by atoms with van der Waals surface area (Å²) in [4.78, 5) is 33.0. The Hall–Kier alpha value is -2.15. The summed E-state index contributed by atoms with van der Waals surface area (Å²) in [6, 6.07) is 2.59. The van der Waals surface area contributed by atoms with Gasteiger partial charge in [0, 0.05) is 12.1 Å². The zero-order chi connectivity index (χ0) is 14.6. The molecule has 0 spiro atoms. The quantitative estimate of drug-likeness (QED) is 0.514. The Morgan fingerprint density at radius 2 is 2.11 bits per heavy atom. The first kappa shape index (κ1) is 14.9. The van der Waals surface area contributed by atoms with E-state index in [1.165, 1.54) is 26.2 Å². The fourth-order valence-electron chi connectivity index (χ4n) is 1.31. The summed E-state index contributed by atoms with van der Waals surface area (Å²) < 4.78 is 4.45. The normalized spacial score (nSPS) is 11.5. The Labute approximate surface area is 113 Å². The number of nitrogens with zero attached hydrogens (tertiary/aromatic N) is 1. The zero-order valence-corrected chi connectivity index (χ0v) is 10.9. The van der Waals surface area contributed by atoms with E-state index in [2.05, 4.69) is 10.1 Å². The Morgan fingerprint density at radius 3 is 2.63 bits per heavy atom. The summed E-state index contributed by atoms with van der Waals surface area (Å²) >= 11 is 5.79. The van der Waals surface area contributed by atoms with Crippen molar-refractivity contribution in [1.29, 1.82) is 0 Å². The number of esters is 1. The number of non-ortho nitro benzene ring substituents is 1. The minimum absolute atomic E-state index is 0.0557. The number of amides is 1. The highest BCUT2D eigenvalue weighted by atomic mass is 35.5. The van der Waals surface area contributed by atoms with Crippen LogP contribution >= 0.6 is 11.6 Å². The van der Waals surface area contributed by atoms with E-state index in [4.69, 9.17) is 11.6 Å². The van der Waals surface area contributed by atoms with Crippen LogP contribution < -0.4 is 5.32 Å². The van der Waals surface area contributed by atoms with Gasteiger partial charge in [-0.3, -0.25) is 14.9 Å². The van der Waals surface area contributed by atoms with E-state index in [0.29, 0.717) is 0 Å². The third-order valence-corrected chi connectivity index (χ3v) is 2.64. The first-order chi connectivity index (χ1) is 8.86. The number of carbonyl (C=O) groups is 2. The van der Waals surface area contributed by atoms with Crippen molar-refractivity contribution in [3.63, 3.8) is 0 Å². The van der Waals surface area contributed by atoms with Crippen molar-refractivity contribution in [2.24, 2.45) is 0 Å². The molecular formula is C11H11ClN2O5. The van der Waals surface area contributed by atoms with Gasteiger partial charge in [0.1, 0.15) is 6.04 Å². The molecule has 0 saturated carbocycles. The van der Waals surface area contributed by atoms with Crippen molar-refractivity contribution >= 4 is 29.2 Å². The molecule has 0 aliphatic heterocycles. The van der Waals surface area contributed by atoms with E-state index < -0.39 is 22.8 Å². The van der Waals surface area contributed by atoms with Crippen molar-refractivity contribution in [2.75, 3.05) is 7.11 Å². The van der Waals surface area contributed by atoms with Gasteiger partial charge in [-0.05, 0) is 13.0 Å². The SMILES string of the molecule is COC(=O)C(C)NC(=O)c1cc([N+](=O)[O-])ccc1Cl. The molecule has 1 aromatic carbocycles. The van der Waals surface area contributed by atoms with Crippen LogP contribution in [0.3, 0.4) is 0 Å². The highest BCUT2D eigenvalue weighted by molar-refractivity contribution is 6.34. The fourth-order valence-corrected chi connectivity index (χ4v) is 1.51. The van der Waals surface area contributed by atoms with Crippen LogP contribution in [0.25, 0.3) is 0 Å². The van der Waals surface area contributed by atoms with Crippen LogP contribution in [0.4, 0.5) is 5.69 Å². The highest BCUT2D eigenvalue weighted by Gasteiger charge is 2.20. The minimum Gasteiger partial charge on any atom is -0.467 e. The molecule has 1 rings (SSSR count). The Balaban J connectivity index is 2.96. The monoisotopic (exact) mass is 286 g/mol. The molecule has 0 radical (unpaired) electrons. The number of ether oxygens (including phenoxy) is 1. The van der Waals surface area contributed by atoms with Crippen molar-refractivity contribution in [3.8, 4) is 0 Å². The van der Waals surface area contributed by atoms with Crippen LogP contribution in [0.15, 0.2) is 18.2 Å². The van der Waals surface area contributed by atoms with E-state index in [1.54, 1.807) is 0 Å². The highest BCUT2D eigenvalue weighted by Crippen LogP contribution is 2.22. The Bertz CT molecular complexity index is 532. The number of nitro groups is 1. The summed E-state index contributed by atoms with van der Waals surface area (Å²) in [6.45, 7) is 1.43. The maximum absolute atomic E-state index is 11.8. The van der Waals surface area contributed by atoms with Crippen molar-refractivity contribution in [2.45, 2.75) is 13.0 Å². The fraction of sp³-hybridized carbons (Fsp3) is 0.273. The van der Waals surface area contributed by atoms with Crippen molar-refractivity contribution in [3.05, 3.63) is 38.9 Å². The summed E-state index contributed by atoms with van der Waals surface area (Å²) in [6.07, 6.45) is 0. The topological polar surface area (TPSA) is 98.5 Å². The second-order valence-corrected chi connectivity index (χ2v) is 4.05. The van der Waals surface area contributed by atoms with Gasteiger partial charge in [0.05, 0.1) is 22.6 Å². The van der Waals surface area contributed by atoms with Gasteiger partial charge in [-0.1, -0.05) is 11.6 Å². The molecule has 0 aliphatic rings. The Morgan fingerprint density at radius 1 is 1.47 bits per heavy atom. The van der Waals surface area contributed by atoms with Gasteiger partial charge in [-0.15, -0.1) is 0 Å². The lowest BCUT2D eigenvalue weighted by molar-refractivity contribution is -0.384. The molecule has 1 unspecified atom stereocenters. The summed E-state index contributed by atoms with van der Waals surface area (Å²) in [5.74, 6) is -1.32. The minimum atomic E-state index is -0.882. The molecule has 0 heterocycles. The molecule has 1 amide bonds. The molecule has 0 saturated heterocycles. The number of nitro benzene ring substituents is 1. The molecule has 1 atom stereocenters. The third kappa shape index (κ3) is 3.65. The largest absolute Gasteiger partial charge is 0.467 e. The zero-order valence-electron chi connectivity index (χ0n) is 10.2. The van der Waals surface area contributed by atoms with Gasteiger partial charge in [0.15, 0.2) is 0 Å². The molecule has 8 heteroatoms. The van der Waals surface area contributed by atoms with Crippen LogP contribution in [-0.4, -0.2) is 30.0 Å². The third-order valence-electron chi connectivity index (χ3n) is 2.31. The number of methoxy groups -OCH3 is 1. The average molecular weight is 287 g/mol. The van der Waals surface area contributed by atoms with E-state index >= 15 is 0 Å². The molecular weight excluding hydrogens is 276 g/mol. The molecule has 0 aliphatic carbocycles. The van der Waals surface area contributed by atoms with E-state index in [0.717, 1.165) is 6.07 Å². The van der Waals surface area contributed by atoms with Crippen LogP contribution in [0.1, 0.15) is 17.3 Å². The van der Waals surface area contributed by atoms with E-state index in [-0.39, 0.29) is 16.3 Å². The van der Waals surface area contributed by atoms with Crippen molar-refractivity contribution < 1.29 is 19.2 Å². The lowest BCUT2D eigenvalue weighted by Crippen LogP contribution is -2.39. The van der Waals surface area contributed by atoms with Crippen LogP contribution in [-0.2, 0) is 9.53 Å². The second-order valence-electron chi connectivity index (χ2n) is 3.64. The maximum Gasteiger partial charge on any atom is 0.328 e. The number of hydrogen-bond donors (Lipinski definition) is 1. The smallest absolute Gasteiger partial charge is 0.328 e. The number of benzene rings is 1. The van der Waals surface area contributed by atoms with Gasteiger partial charge in [0.25, 0.3) is 11.6 Å². The number of rotatable bonds is 4. The van der Waals surface area contributed by atoms with Crippen LogP contribution in [0.5, 0.6) is 0 Å². The molecule has 102 valence electrons. The van der Waals surface area contributed by atoms with Gasteiger partial charge in [-0.25, -0.2) is 4.79 Å². The number of nitrogens with one attached hydrogen (secondary N) is 1. The lowest BCUT2D eigenvalue weighted by Gasteiger charge is -2.12. The molecule has 1 aromatic rings. The van der Waals surface area contributed by atoms with Crippen molar-refractivity contribution in [1.82, 2.24) is 5.32 Å². The molecule has 1 N–H and O–H groups in total. The number of halogens is 1.